The predicted octanol–water partition coefficient (Wildman–Crippen LogP) is 5.40. The summed E-state index contributed by atoms with van der Waals surface area (Å²) in [6.45, 7) is 0.506. The Morgan fingerprint density at radius 2 is 1.61 bits per heavy atom. The molecule has 0 saturated heterocycles. The van der Waals surface area contributed by atoms with Crippen molar-refractivity contribution in [1.82, 2.24) is 0 Å². The van der Waals surface area contributed by atoms with Crippen molar-refractivity contribution in [3.05, 3.63) is 62.8 Å². The van der Waals surface area contributed by atoms with E-state index >= 15 is 0 Å². The molecular weight excluding hydrogens is 296 g/mol. The van der Waals surface area contributed by atoms with Gasteiger partial charge in [-0.1, -0.05) is 34.8 Å². The molecule has 0 aliphatic carbocycles. The molecule has 2 aromatic carbocycles. The van der Waals surface area contributed by atoms with Crippen LogP contribution in [0.3, 0.4) is 0 Å². The van der Waals surface area contributed by atoms with Crippen molar-refractivity contribution in [2.75, 3.05) is 5.32 Å². The monoisotopic (exact) mass is 303 g/mol. The zero-order chi connectivity index (χ0) is 13.1. The Bertz CT molecular complexity index is 552. The third-order valence-electron chi connectivity index (χ3n) is 2.34. The first-order chi connectivity index (χ1) is 8.54. The molecule has 2 aromatic rings. The number of nitrogens with one attached hydrogen (secondary N) is 1. The molecule has 0 aliphatic rings. The molecule has 0 amide bonds. The second-order valence-corrected chi connectivity index (χ2v) is 5.04. The van der Waals surface area contributed by atoms with Crippen molar-refractivity contribution < 1.29 is 4.39 Å². The number of anilines is 1. The Labute approximate surface area is 119 Å². The van der Waals surface area contributed by atoms with Gasteiger partial charge in [-0.2, -0.15) is 0 Å². The van der Waals surface area contributed by atoms with E-state index in [1.54, 1.807) is 24.3 Å². The minimum absolute atomic E-state index is 0.336. The minimum Gasteiger partial charge on any atom is -0.380 e. The molecule has 0 aromatic heterocycles. The third kappa shape index (κ3) is 3.52. The van der Waals surface area contributed by atoms with E-state index in [-0.39, 0.29) is 5.82 Å². The van der Waals surface area contributed by atoms with Crippen molar-refractivity contribution in [2.45, 2.75) is 6.54 Å². The van der Waals surface area contributed by atoms with Crippen LogP contribution in [0.1, 0.15) is 5.56 Å². The zero-order valence-electron chi connectivity index (χ0n) is 9.18. The molecule has 2 rings (SSSR count). The zero-order valence-corrected chi connectivity index (χ0v) is 11.5. The highest BCUT2D eigenvalue weighted by Gasteiger charge is 2.03. The third-order valence-corrected chi connectivity index (χ3v) is 3.09. The molecule has 0 radical (unpaired) electrons. The molecule has 1 N–H and O–H groups in total. The molecule has 0 atom stereocenters. The lowest BCUT2D eigenvalue weighted by atomic mass is 10.2. The summed E-state index contributed by atoms with van der Waals surface area (Å²) in [6, 6.07) is 9.46. The molecule has 0 bridgehead atoms. The normalized spacial score (nSPS) is 10.4. The van der Waals surface area contributed by atoms with E-state index < -0.39 is 0 Å². The van der Waals surface area contributed by atoms with Crippen LogP contribution in [-0.2, 0) is 6.54 Å². The quantitative estimate of drug-likeness (QED) is 0.800. The summed E-state index contributed by atoms with van der Waals surface area (Å²) in [5.74, 6) is -0.364. The summed E-state index contributed by atoms with van der Waals surface area (Å²) in [5, 5.41) is 4.58. The van der Waals surface area contributed by atoms with Crippen molar-refractivity contribution in [3.8, 4) is 0 Å². The molecule has 0 spiro atoms. The lowest BCUT2D eigenvalue weighted by Gasteiger charge is -2.09. The van der Waals surface area contributed by atoms with E-state index in [0.717, 1.165) is 5.56 Å². The smallest absolute Gasteiger partial charge is 0.124 e. The van der Waals surface area contributed by atoms with Crippen molar-refractivity contribution in [2.24, 2.45) is 0 Å². The molecule has 0 saturated carbocycles. The highest BCUT2D eigenvalue weighted by molar-refractivity contribution is 6.34. The van der Waals surface area contributed by atoms with E-state index in [2.05, 4.69) is 5.32 Å². The van der Waals surface area contributed by atoms with Crippen molar-refractivity contribution in [3.63, 3.8) is 0 Å². The first-order valence-electron chi connectivity index (χ1n) is 5.18. The number of halogens is 4. The fourth-order valence-corrected chi connectivity index (χ4v) is 2.35. The molecule has 5 heteroatoms. The molecule has 0 heterocycles. The van der Waals surface area contributed by atoms with E-state index in [1.807, 2.05) is 0 Å². The van der Waals surface area contributed by atoms with Crippen LogP contribution in [-0.4, -0.2) is 0 Å². The number of hydrogen-bond acceptors (Lipinski definition) is 1. The molecule has 0 fully saturated rings. The largest absolute Gasteiger partial charge is 0.380 e. The summed E-state index contributed by atoms with van der Waals surface area (Å²) in [5.41, 5.74) is 1.59. The van der Waals surface area contributed by atoms with Gasteiger partial charge in [0, 0.05) is 16.6 Å². The van der Waals surface area contributed by atoms with Gasteiger partial charge in [-0.15, -0.1) is 0 Å². The van der Waals surface area contributed by atoms with Crippen LogP contribution in [0.15, 0.2) is 36.4 Å². The molecule has 1 nitrogen and oxygen atoms in total. The fraction of sp³-hybridized carbons (Fsp3) is 0.0769. The molecular formula is C13H9Cl3FN. The number of rotatable bonds is 3. The van der Waals surface area contributed by atoms with Crippen molar-refractivity contribution in [1.29, 1.82) is 0 Å². The van der Waals surface area contributed by atoms with Crippen LogP contribution in [0, 0.1) is 5.82 Å². The maximum atomic E-state index is 12.9. The van der Waals surface area contributed by atoms with Crippen molar-refractivity contribution >= 4 is 40.5 Å². The first-order valence-corrected chi connectivity index (χ1v) is 6.32. The second kappa shape index (κ2) is 5.79. The van der Waals surface area contributed by atoms with Crippen LogP contribution >= 0.6 is 34.8 Å². The summed E-state index contributed by atoms with van der Waals surface area (Å²) < 4.78 is 12.9. The van der Waals surface area contributed by atoms with E-state index in [0.29, 0.717) is 27.3 Å². The SMILES string of the molecule is Fc1ccc(NCc2cc(Cl)cc(Cl)c2)c(Cl)c1. The Morgan fingerprint density at radius 1 is 0.944 bits per heavy atom. The van der Waals surface area contributed by atoms with Crippen LogP contribution in [0.25, 0.3) is 0 Å². The second-order valence-electron chi connectivity index (χ2n) is 3.76. The average molecular weight is 305 g/mol. The Balaban J connectivity index is 2.11. The summed E-state index contributed by atoms with van der Waals surface area (Å²) in [6.07, 6.45) is 0. The van der Waals surface area contributed by atoms with Gasteiger partial charge in [-0.25, -0.2) is 4.39 Å². The molecule has 18 heavy (non-hydrogen) atoms. The Morgan fingerprint density at radius 3 is 2.22 bits per heavy atom. The van der Waals surface area contributed by atoms with Gasteiger partial charge in [0.1, 0.15) is 5.82 Å². The summed E-state index contributed by atoms with van der Waals surface area (Å²) >= 11 is 17.7. The van der Waals surface area contributed by atoms with Gasteiger partial charge in [0.05, 0.1) is 10.7 Å². The van der Waals surface area contributed by atoms with Crippen LogP contribution < -0.4 is 5.32 Å². The lowest BCUT2D eigenvalue weighted by molar-refractivity contribution is 0.628. The van der Waals surface area contributed by atoms with Crippen LogP contribution in [0.4, 0.5) is 10.1 Å². The standard InChI is InChI=1S/C13H9Cl3FN/c14-9-3-8(4-10(15)5-9)7-18-13-2-1-11(17)6-12(13)16/h1-6,18H,7H2. The van der Waals surface area contributed by atoms with Crippen LogP contribution in [0.2, 0.25) is 15.1 Å². The topological polar surface area (TPSA) is 12.0 Å². The highest BCUT2D eigenvalue weighted by Crippen LogP contribution is 2.24. The Hall–Kier alpha value is -0.960. The van der Waals surface area contributed by atoms with E-state index in [1.165, 1.54) is 12.1 Å². The number of hydrogen-bond donors (Lipinski definition) is 1. The van der Waals surface area contributed by atoms with Gasteiger partial charge >= 0.3 is 0 Å². The maximum absolute atomic E-state index is 12.9. The summed E-state index contributed by atoms with van der Waals surface area (Å²) in [4.78, 5) is 0. The van der Waals surface area contributed by atoms with Gasteiger partial charge < -0.3 is 5.32 Å². The van der Waals surface area contributed by atoms with Gasteiger partial charge in [0.25, 0.3) is 0 Å². The molecule has 94 valence electrons. The lowest BCUT2D eigenvalue weighted by Crippen LogP contribution is -2.00. The van der Waals surface area contributed by atoms with Gasteiger partial charge in [0.15, 0.2) is 0 Å². The number of benzene rings is 2. The average Bonchev–Trinajstić information content (AvgIpc) is 2.26. The van der Waals surface area contributed by atoms with Gasteiger partial charge in [-0.05, 0) is 42.0 Å². The highest BCUT2D eigenvalue weighted by atomic mass is 35.5. The van der Waals surface area contributed by atoms with Gasteiger partial charge in [0.2, 0.25) is 0 Å². The van der Waals surface area contributed by atoms with E-state index in [9.17, 15) is 4.39 Å². The van der Waals surface area contributed by atoms with Gasteiger partial charge in [-0.3, -0.25) is 0 Å². The first kappa shape index (κ1) is 13.5. The minimum atomic E-state index is -0.364. The van der Waals surface area contributed by atoms with E-state index in [4.69, 9.17) is 34.8 Å². The van der Waals surface area contributed by atoms with Crippen LogP contribution in [0.5, 0.6) is 0 Å². The summed E-state index contributed by atoms with van der Waals surface area (Å²) in [7, 11) is 0. The Kier molecular flexibility index (Phi) is 4.33. The predicted molar refractivity (Wildman–Crippen MR) is 75.2 cm³/mol. The maximum Gasteiger partial charge on any atom is 0.124 e. The molecule has 0 aliphatic heterocycles. The fourth-order valence-electron chi connectivity index (χ4n) is 1.54. The molecule has 0 unspecified atom stereocenters.